The maximum absolute atomic E-state index is 4.93. The fourth-order valence-electron chi connectivity index (χ4n) is 7.21. The van der Waals surface area contributed by atoms with Crippen LogP contribution in [0.1, 0.15) is 81.9 Å². The zero-order valence-electron chi connectivity index (χ0n) is 20.3. The van der Waals surface area contributed by atoms with Crippen LogP contribution in [0.4, 0.5) is 0 Å². The van der Waals surface area contributed by atoms with Crippen molar-refractivity contribution in [3.63, 3.8) is 0 Å². The Morgan fingerprint density at radius 2 is 1.47 bits per heavy atom. The Morgan fingerprint density at radius 3 is 2.00 bits per heavy atom. The van der Waals surface area contributed by atoms with Gasteiger partial charge in [-0.05, 0) is 104 Å². The predicted molar refractivity (Wildman–Crippen MR) is 135 cm³/mol. The summed E-state index contributed by atoms with van der Waals surface area (Å²) in [6.07, 6.45) is 9.03. The Hall–Kier alpha value is 1.16. The van der Waals surface area contributed by atoms with E-state index in [4.69, 9.17) is 17.0 Å². The number of hydrogen-bond donors (Lipinski definition) is 0. The molecule has 3 aliphatic carbocycles. The first-order chi connectivity index (χ1) is 13.4. The Morgan fingerprint density at radius 1 is 0.867 bits per heavy atom. The van der Waals surface area contributed by atoms with Crippen molar-refractivity contribution in [2.24, 2.45) is 47.3 Å². The summed E-state index contributed by atoms with van der Waals surface area (Å²) in [4.78, 5) is 3.21. The number of rotatable bonds is 3. The van der Waals surface area contributed by atoms with Crippen LogP contribution in [-0.4, -0.2) is 0 Å². The predicted octanol–water partition coefficient (Wildman–Crippen LogP) is 9.81. The SMILES string of the molecule is Cc1ccc(C2CCCC3C(CC4C(C)C(C)C(C)C4C)CCC23)s1.[CH3-].[CH3-].[Cl][Zr+2][Cl]. The molecule has 0 aromatic carbocycles. The van der Waals surface area contributed by atoms with Crippen LogP contribution >= 0.6 is 28.4 Å². The first-order valence-electron chi connectivity index (χ1n) is 11.4. The molecule has 1 aromatic rings. The van der Waals surface area contributed by atoms with E-state index in [0.29, 0.717) is 0 Å². The number of fused-ring (bicyclic) bond motifs is 1. The molecule has 0 amide bonds. The van der Waals surface area contributed by atoms with Crippen molar-refractivity contribution in [3.05, 3.63) is 36.7 Å². The Balaban J connectivity index is 0.000000851. The number of thiophene rings is 1. The molecule has 30 heavy (non-hydrogen) atoms. The van der Waals surface area contributed by atoms with E-state index in [2.05, 4.69) is 58.1 Å². The van der Waals surface area contributed by atoms with Gasteiger partial charge in [-0.1, -0.05) is 34.1 Å². The van der Waals surface area contributed by atoms with E-state index in [0.717, 1.165) is 53.3 Å². The summed E-state index contributed by atoms with van der Waals surface area (Å²) in [5.41, 5.74) is 0. The van der Waals surface area contributed by atoms with E-state index in [1.165, 1.54) is 43.4 Å². The normalized spacial score (nSPS) is 39.6. The van der Waals surface area contributed by atoms with Crippen molar-refractivity contribution >= 4 is 28.4 Å². The summed E-state index contributed by atoms with van der Waals surface area (Å²) < 4.78 is 0. The van der Waals surface area contributed by atoms with Crippen molar-refractivity contribution in [2.45, 2.75) is 79.1 Å². The van der Waals surface area contributed by atoms with Crippen LogP contribution < -0.4 is 0 Å². The van der Waals surface area contributed by atoms with Gasteiger partial charge in [0.2, 0.25) is 0 Å². The van der Waals surface area contributed by atoms with E-state index >= 15 is 0 Å². The minimum absolute atomic E-state index is 0. The van der Waals surface area contributed by atoms with Crippen LogP contribution in [-0.2, 0) is 20.8 Å². The van der Waals surface area contributed by atoms with Crippen molar-refractivity contribution < 1.29 is 20.8 Å². The van der Waals surface area contributed by atoms with Crippen LogP contribution in [0.25, 0.3) is 0 Å². The van der Waals surface area contributed by atoms with E-state index in [-0.39, 0.29) is 14.9 Å². The molecular formula is C26H44Cl2SZr. The van der Waals surface area contributed by atoms with Crippen molar-refractivity contribution in [2.75, 3.05) is 0 Å². The number of halogens is 2. The summed E-state index contributed by atoms with van der Waals surface area (Å²) >= 11 is 1.25. The van der Waals surface area contributed by atoms with Crippen molar-refractivity contribution in [1.29, 1.82) is 0 Å². The molecule has 0 N–H and O–H groups in total. The van der Waals surface area contributed by atoms with E-state index in [1.807, 2.05) is 0 Å². The maximum atomic E-state index is 4.93. The number of hydrogen-bond acceptors (Lipinski definition) is 1. The van der Waals surface area contributed by atoms with Gasteiger partial charge in [0.05, 0.1) is 0 Å². The Bertz CT molecular complexity index is 604. The molecule has 0 nitrogen and oxygen atoms in total. The fraction of sp³-hybridized carbons (Fsp3) is 0.769. The first kappa shape index (κ1) is 29.2. The molecule has 0 aliphatic heterocycles. The molecule has 172 valence electrons. The van der Waals surface area contributed by atoms with Crippen LogP contribution in [0.15, 0.2) is 12.1 Å². The van der Waals surface area contributed by atoms with Crippen molar-refractivity contribution in [3.8, 4) is 0 Å². The first-order valence-corrected chi connectivity index (χ1v) is 18.6. The standard InChI is InChI=1S/C24H38S.2CH3.2ClH.Zr/c1-14-9-12-24(25-14)22-8-6-7-20-19(10-11-21(20)22)13-23-17(4)15(2)16(3)18(23)5;;;;;/h9,12,15-23H,6-8,10-11,13H2,1-5H3;2*1H3;2*1H;/q;2*-1;;;+4/p-2. The molecule has 1 aromatic heterocycles. The fourth-order valence-corrected chi connectivity index (χ4v) is 8.30. The Kier molecular flexibility index (Phi) is 12.8. The summed E-state index contributed by atoms with van der Waals surface area (Å²) in [6, 6.07) is 4.80. The van der Waals surface area contributed by atoms with Gasteiger partial charge < -0.3 is 14.9 Å². The third-order valence-electron chi connectivity index (χ3n) is 9.14. The molecule has 8 unspecified atom stereocenters. The van der Waals surface area contributed by atoms with E-state index in [9.17, 15) is 0 Å². The van der Waals surface area contributed by atoms with Gasteiger partial charge in [-0.3, -0.25) is 0 Å². The average molecular weight is 551 g/mol. The molecule has 4 rings (SSSR count). The minimum atomic E-state index is -0.826. The molecule has 4 heteroatoms. The molecule has 8 atom stereocenters. The van der Waals surface area contributed by atoms with Gasteiger partial charge in [0.25, 0.3) is 0 Å². The third-order valence-corrected chi connectivity index (χ3v) is 10.3. The van der Waals surface area contributed by atoms with Gasteiger partial charge in [-0.2, -0.15) is 0 Å². The summed E-state index contributed by atoms with van der Waals surface area (Å²) in [5.74, 6) is 8.64. The summed E-state index contributed by atoms with van der Waals surface area (Å²) in [5, 5.41) is 0. The molecule has 3 saturated carbocycles. The molecule has 0 bridgehead atoms. The van der Waals surface area contributed by atoms with Gasteiger partial charge in [0.15, 0.2) is 0 Å². The van der Waals surface area contributed by atoms with Crippen LogP contribution in [0.2, 0.25) is 0 Å². The third kappa shape index (κ3) is 6.18. The van der Waals surface area contributed by atoms with Crippen LogP contribution in [0, 0.1) is 69.1 Å². The number of aryl methyl sites for hydroxylation is 1. The van der Waals surface area contributed by atoms with Crippen LogP contribution in [0.5, 0.6) is 0 Å². The molecule has 0 saturated heterocycles. The van der Waals surface area contributed by atoms with E-state index < -0.39 is 20.8 Å². The molecule has 0 spiro atoms. The monoisotopic (exact) mass is 548 g/mol. The Labute approximate surface area is 211 Å². The second kappa shape index (κ2) is 13.2. The molecule has 0 radical (unpaired) electrons. The van der Waals surface area contributed by atoms with Gasteiger partial charge >= 0.3 is 37.9 Å². The quantitative estimate of drug-likeness (QED) is 0.329. The second-order valence-electron chi connectivity index (χ2n) is 10.1. The topological polar surface area (TPSA) is 0 Å². The van der Waals surface area contributed by atoms with E-state index in [1.54, 1.807) is 4.88 Å². The van der Waals surface area contributed by atoms with Gasteiger partial charge in [-0.25, -0.2) is 0 Å². The average Bonchev–Trinajstić information content (AvgIpc) is 3.34. The summed E-state index contributed by atoms with van der Waals surface area (Å²) in [7, 11) is 9.87. The summed E-state index contributed by atoms with van der Waals surface area (Å²) in [6.45, 7) is 12.4. The van der Waals surface area contributed by atoms with Crippen molar-refractivity contribution in [1.82, 2.24) is 0 Å². The zero-order valence-corrected chi connectivity index (χ0v) is 25.0. The van der Waals surface area contributed by atoms with Gasteiger partial charge in [-0.15, -0.1) is 11.3 Å². The molecular weight excluding hydrogens is 506 g/mol. The van der Waals surface area contributed by atoms with Gasteiger partial charge in [0, 0.05) is 9.75 Å². The molecule has 3 aliphatic rings. The zero-order chi connectivity index (χ0) is 20.4. The second-order valence-corrected chi connectivity index (χ2v) is 15.1. The molecule has 3 fully saturated rings. The van der Waals surface area contributed by atoms with Gasteiger partial charge in [0.1, 0.15) is 0 Å². The molecule has 1 heterocycles. The van der Waals surface area contributed by atoms with Crippen LogP contribution in [0.3, 0.4) is 0 Å².